The van der Waals surface area contributed by atoms with E-state index in [-0.39, 0.29) is 113 Å². The molecule has 28 atom stereocenters. The molecule has 10 rings (SSSR count). The summed E-state index contributed by atoms with van der Waals surface area (Å²) in [6.45, 7) is 70.4. The SMILES string of the molecule is CC[C@H](C)[C@@H](CC(=O)C[C@H](C[C@H](O[C@@H]1O[C@@H](CO[Si](C)(C)C(C)(C)C)C(O[Si](C)(C)C(C)(C)C)C1C)[C@@H](C)CC)O[Si](C)(C)C(C)(C)C)C[C@@H](CC(=O)O[C@H]1C(C)O[C@H](OC(C)=N)C(O[C@@H]2OC(C)[C@H](O[C@@H]3OC[C@@H](OCc4ccccc4)C(O[C@@H]4OC[C@]5(COCc6ccccc6)O[C@@H](c6ccccc6)OC45)C3C)C3OC(C)(C)OC32)C1C)O[Si](C)(C)C(C)(C)C. The largest absolute Gasteiger partial charge is 0.459 e. The Balaban J connectivity index is 0.847. The number of hydrogen-bond acceptors (Lipinski definition) is 24. The molecule has 0 bridgehead atoms. The second-order valence-electron chi connectivity index (χ2n) is 44.5. The highest BCUT2D eigenvalue weighted by Crippen LogP contribution is 2.51. The molecule has 1 N–H and O–H groups in total. The van der Waals surface area contributed by atoms with E-state index in [4.69, 9.17) is 104 Å². The van der Waals surface area contributed by atoms with Crippen LogP contribution in [-0.2, 0) is 121 Å². The fourth-order valence-electron chi connectivity index (χ4n) is 17.3. The molecule has 0 saturated carbocycles. The number of hydrogen-bond donors (Lipinski definition) is 1. The number of carbonyl (C=O) groups is 2. The van der Waals surface area contributed by atoms with E-state index < -0.39 is 173 Å². The average Bonchev–Trinajstić information content (AvgIpc) is 1.59. The van der Waals surface area contributed by atoms with E-state index >= 15 is 9.59 Å². The van der Waals surface area contributed by atoms with Crippen LogP contribution in [0.4, 0.5) is 0 Å². The lowest BCUT2D eigenvalue weighted by atomic mass is 9.82. The molecule has 24 nitrogen and oxygen atoms in total. The van der Waals surface area contributed by atoms with Crippen LogP contribution in [0.1, 0.15) is 234 Å². The van der Waals surface area contributed by atoms with Gasteiger partial charge in [-0.05, 0) is 142 Å². The molecule has 3 aromatic rings. The Morgan fingerprint density at radius 3 is 1.63 bits per heavy atom. The van der Waals surface area contributed by atoms with E-state index in [0.717, 1.165) is 29.5 Å². The normalized spacial score (nSPS) is 32.5. The Morgan fingerprint density at radius 1 is 0.528 bits per heavy atom. The van der Waals surface area contributed by atoms with Crippen molar-refractivity contribution in [1.29, 1.82) is 5.41 Å². The summed E-state index contributed by atoms with van der Waals surface area (Å²) in [6.07, 6.45) is -12.0. The van der Waals surface area contributed by atoms with Gasteiger partial charge in [0.2, 0.25) is 6.29 Å². The van der Waals surface area contributed by atoms with E-state index in [1.54, 1.807) is 0 Å². The second-order valence-corrected chi connectivity index (χ2v) is 63.5. The number of fused-ring (bicyclic) bond motifs is 2. The molecular weight excluding hydrogens is 1680 g/mol. The number of esters is 1. The smallest absolute Gasteiger partial charge is 0.308 e. The van der Waals surface area contributed by atoms with Crippen molar-refractivity contribution >= 4 is 50.9 Å². The Labute approximate surface area is 766 Å². The van der Waals surface area contributed by atoms with Crippen molar-refractivity contribution in [3.8, 4) is 0 Å². The molecule has 7 saturated heterocycles. The zero-order valence-electron chi connectivity index (χ0n) is 83.3. The lowest BCUT2D eigenvalue weighted by molar-refractivity contribution is -0.357. The lowest BCUT2D eigenvalue weighted by Gasteiger charge is -2.48. The van der Waals surface area contributed by atoms with Crippen LogP contribution >= 0.6 is 0 Å². The number of ketones is 1. The van der Waals surface area contributed by atoms with Crippen molar-refractivity contribution in [1.82, 2.24) is 0 Å². The molecule has 11 unspecified atom stereocenters. The van der Waals surface area contributed by atoms with E-state index in [1.165, 1.54) is 6.92 Å². The monoisotopic (exact) mass is 1850 g/mol. The fourth-order valence-corrected chi connectivity index (χ4v) is 22.4. The molecule has 0 radical (unpaired) electrons. The maximum atomic E-state index is 15.5. The number of ether oxygens (including phenoxy) is 17. The molecule has 0 aromatic heterocycles. The second kappa shape index (κ2) is 43.2. The van der Waals surface area contributed by atoms with E-state index in [0.29, 0.717) is 32.7 Å². The van der Waals surface area contributed by atoms with E-state index in [2.05, 4.69) is 170 Å². The Kier molecular flexibility index (Phi) is 35.8. The summed E-state index contributed by atoms with van der Waals surface area (Å²) in [6, 6.07) is 29.8. The highest BCUT2D eigenvalue weighted by Gasteiger charge is 2.63. The van der Waals surface area contributed by atoms with Gasteiger partial charge in [-0.15, -0.1) is 0 Å². The minimum absolute atomic E-state index is 0.00925. The van der Waals surface area contributed by atoms with Gasteiger partial charge in [0.05, 0.1) is 88.8 Å². The minimum Gasteiger partial charge on any atom is -0.459 e. The van der Waals surface area contributed by atoms with Crippen LogP contribution in [0.5, 0.6) is 0 Å². The summed E-state index contributed by atoms with van der Waals surface area (Å²) in [5.41, 5.74) is 1.85. The molecule has 127 heavy (non-hydrogen) atoms. The van der Waals surface area contributed by atoms with Crippen LogP contribution in [0.2, 0.25) is 72.5 Å². The van der Waals surface area contributed by atoms with Gasteiger partial charge in [0.25, 0.3) is 0 Å². The van der Waals surface area contributed by atoms with Gasteiger partial charge >= 0.3 is 5.97 Å². The molecule has 7 fully saturated rings. The lowest BCUT2D eigenvalue weighted by Crippen LogP contribution is -2.63. The summed E-state index contributed by atoms with van der Waals surface area (Å²) < 4.78 is 146. The molecule has 7 aliphatic rings. The van der Waals surface area contributed by atoms with Gasteiger partial charge in [0.15, 0.2) is 76.4 Å². The molecule has 720 valence electrons. The molecular formula is C99H165NO23Si4. The summed E-state index contributed by atoms with van der Waals surface area (Å²) >= 11 is 0. The van der Waals surface area contributed by atoms with Crippen LogP contribution in [0.3, 0.4) is 0 Å². The summed E-state index contributed by atoms with van der Waals surface area (Å²) in [7, 11) is -9.57. The summed E-state index contributed by atoms with van der Waals surface area (Å²) in [5, 5.41) is 8.25. The van der Waals surface area contributed by atoms with Gasteiger partial charge in [-0.25, -0.2) is 0 Å². The minimum atomic E-state index is -2.61. The number of carbonyl (C=O) groups excluding carboxylic acids is 2. The van der Waals surface area contributed by atoms with Gasteiger partial charge in [0, 0.05) is 43.1 Å². The van der Waals surface area contributed by atoms with Gasteiger partial charge < -0.3 is 98.2 Å². The van der Waals surface area contributed by atoms with Crippen molar-refractivity contribution in [2.75, 3.05) is 26.4 Å². The van der Waals surface area contributed by atoms with Crippen molar-refractivity contribution in [2.24, 2.45) is 35.5 Å². The Hall–Kier alpha value is -3.62. The number of rotatable bonds is 41. The third-order valence-electron chi connectivity index (χ3n) is 29.8. The van der Waals surface area contributed by atoms with Crippen LogP contribution in [-0.4, -0.2) is 212 Å². The van der Waals surface area contributed by atoms with Crippen LogP contribution in [0.25, 0.3) is 0 Å². The molecule has 28 heteroatoms. The third-order valence-corrected chi connectivity index (χ3v) is 47.9. The quantitative estimate of drug-likeness (QED) is 0.0240. The highest BCUT2D eigenvalue weighted by molar-refractivity contribution is 6.75. The first kappa shape index (κ1) is 105. The number of nitrogens with one attached hydrogen (secondary N) is 1. The maximum Gasteiger partial charge on any atom is 0.308 e. The van der Waals surface area contributed by atoms with Gasteiger partial charge in [-0.2, -0.15) is 0 Å². The fraction of sp³-hybridized carbons (Fsp3) is 0.788. The van der Waals surface area contributed by atoms with Crippen LogP contribution < -0.4 is 0 Å². The molecule has 0 spiro atoms. The van der Waals surface area contributed by atoms with E-state index in [9.17, 15) is 0 Å². The molecule has 7 aliphatic heterocycles. The zero-order chi connectivity index (χ0) is 93.7. The first-order valence-electron chi connectivity index (χ1n) is 47.5. The zero-order valence-corrected chi connectivity index (χ0v) is 87.3. The molecule has 0 aliphatic carbocycles. The predicted molar refractivity (Wildman–Crippen MR) is 501 cm³/mol. The van der Waals surface area contributed by atoms with Crippen LogP contribution in [0, 0.1) is 40.9 Å². The molecule has 3 aromatic carbocycles. The summed E-state index contributed by atoms with van der Waals surface area (Å²) in [4.78, 5) is 30.8. The standard InChI is InChI=1S/C99H165NO23Si4/c1-33-61(3)72(50-73(101)52-75(122-126(29,30)96(17,18)19)53-76(62(4)34-2)111-89-65(7)82(123-127(31,32)97(20,21)22)78(112-89)58-107-124(25,26)94(11,12)13)51-74(121-125(27,28)95(14,15)16)54-79(102)113-80-63(5)83(91(108-66(80)8)110-68(10)100)115-92-86-85(118-98(23,24)119-86)84(67(9)109-92)116-88-64(6)81(77(57-105-88)104-56-70-46-40-36-41-47-70)114-93-87-99(60-106-93,59-103-55-69-44-38-35-39-45-69)120-90(117-87)71-48-42-37-43-49-71/h35-49,61-67,72,74-78,80-93,100H,33-34,50-60H2,1-32H3/t61-,62-,63?,64?,65?,66?,67?,72-,74-,75+,76-,77+,78-,80+,81?,82?,83?,84-,85?,86?,87?,88-,89+,90-,91+,92-,93-,99-/m0/s1. The first-order valence-corrected chi connectivity index (χ1v) is 59.1. The van der Waals surface area contributed by atoms with Gasteiger partial charge in [-0.3, -0.25) is 15.0 Å². The average molecular weight is 1850 g/mol. The highest BCUT2D eigenvalue weighted by atomic mass is 28.4. The summed E-state index contributed by atoms with van der Waals surface area (Å²) in [5.74, 6) is -2.82. The topological polar surface area (TPSA) is 252 Å². The Bertz CT molecular complexity index is 3930. The maximum absolute atomic E-state index is 15.5. The van der Waals surface area contributed by atoms with Crippen molar-refractivity contribution in [2.45, 2.75) is 438 Å². The van der Waals surface area contributed by atoms with Crippen molar-refractivity contribution in [3.63, 3.8) is 0 Å². The Morgan fingerprint density at radius 2 is 1.06 bits per heavy atom. The molecule has 0 amide bonds. The van der Waals surface area contributed by atoms with Crippen LogP contribution in [0.15, 0.2) is 91.0 Å². The van der Waals surface area contributed by atoms with E-state index in [1.807, 2.05) is 133 Å². The van der Waals surface area contributed by atoms with Crippen molar-refractivity contribution in [3.05, 3.63) is 108 Å². The third kappa shape index (κ3) is 26.8. The van der Waals surface area contributed by atoms with Crippen molar-refractivity contribution < 1.29 is 108 Å². The number of Topliss-reactive ketones (excluding diaryl/α,β-unsaturated/α-hetero) is 1. The predicted octanol–water partition coefficient (Wildman–Crippen LogP) is 20.9. The molecule has 7 heterocycles. The number of benzene rings is 3. The van der Waals surface area contributed by atoms with Gasteiger partial charge in [0.1, 0.15) is 60.2 Å². The van der Waals surface area contributed by atoms with Gasteiger partial charge in [-0.1, -0.05) is 235 Å². The first-order chi connectivity index (χ1) is 59.1.